The van der Waals surface area contributed by atoms with Crippen LogP contribution in [0.25, 0.3) is 0 Å². The average molecular weight is 323 g/mol. The van der Waals surface area contributed by atoms with Gasteiger partial charge < -0.3 is 5.32 Å². The number of hydrogen-bond acceptors (Lipinski definition) is 3. The third-order valence-corrected chi connectivity index (χ3v) is 4.88. The first-order valence-electron chi connectivity index (χ1n) is 7.06. The van der Waals surface area contributed by atoms with Crippen LogP contribution in [0.15, 0.2) is 18.2 Å². The molecule has 1 amide bonds. The van der Waals surface area contributed by atoms with E-state index in [-0.39, 0.29) is 5.91 Å². The van der Waals surface area contributed by atoms with Crippen molar-refractivity contribution in [1.82, 2.24) is 16.2 Å². The molecule has 1 atom stereocenters. The predicted molar refractivity (Wildman–Crippen MR) is 91.5 cm³/mol. The molecular weight excluding hydrogens is 302 g/mol. The highest BCUT2D eigenvalue weighted by atomic mass is 32.1. The SMILES string of the molecule is C=C(C)CNC(=S)NNC(=O)c1cc2c(s1)CC[C@@H](C)C2. The van der Waals surface area contributed by atoms with Gasteiger partial charge >= 0.3 is 0 Å². The smallest absolute Gasteiger partial charge is 0.279 e. The van der Waals surface area contributed by atoms with Gasteiger partial charge in [-0.3, -0.25) is 15.6 Å². The van der Waals surface area contributed by atoms with E-state index in [1.165, 1.54) is 16.9 Å². The summed E-state index contributed by atoms with van der Waals surface area (Å²) in [5, 5.41) is 3.34. The fourth-order valence-corrected chi connectivity index (χ4v) is 3.50. The standard InChI is InChI=1S/C15H21N3OS2/c1-9(2)8-16-15(20)18-17-14(19)13-7-11-6-10(3)4-5-12(11)21-13/h7,10H,1,4-6,8H2,2-3H3,(H,17,19)(H2,16,18,20)/t10-/m1/s1. The van der Waals surface area contributed by atoms with Crippen LogP contribution in [0.2, 0.25) is 0 Å². The van der Waals surface area contributed by atoms with E-state index < -0.39 is 0 Å². The quantitative estimate of drug-likeness (QED) is 0.455. The van der Waals surface area contributed by atoms with Gasteiger partial charge in [0.25, 0.3) is 5.91 Å². The molecule has 0 radical (unpaired) electrons. The number of thiophene rings is 1. The predicted octanol–water partition coefficient (Wildman–Crippen LogP) is 2.56. The average Bonchev–Trinajstić information content (AvgIpc) is 2.85. The first-order valence-corrected chi connectivity index (χ1v) is 8.28. The number of thiocarbonyl (C=S) groups is 1. The second kappa shape index (κ2) is 7.04. The molecule has 1 heterocycles. The Bertz CT molecular complexity index is 565. The monoisotopic (exact) mass is 323 g/mol. The van der Waals surface area contributed by atoms with Gasteiger partial charge in [0.05, 0.1) is 4.88 Å². The van der Waals surface area contributed by atoms with Crippen LogP contribution in [0.4, 0.5) is 0 Å². The van der Waals surface area contributed by atoms with Crippen molar-refractivity contribution in [3.05, 3.63) is 33.5 Å². The lowest BCUT2D eigenvalue weighted by atomic mass is 9.90. The fraction of sp³-hybridized carbons (Fsp3) is 0.467. The molecule has 114 valence electrons. The Morgan fingerprint density at radius 1 is 1.52 bits per heavy atom. The maximum Gasteiger partial charge on any atom is 0.279 e. The lowest BCUT2D eigenvalue weighted by Crippen LogP contribution is -2.46. The van der Waals surface area contributed by atoms with Crippen LogP contribution in [-0.2, 0) is 12.8 Å². The molecule has 0 spiro atoms. The zero-order valence-electron chi connectivity index (χ0n) is 12.4. The molecule has 0 saturated carbocycles. The van der Waals surface area contributed by atoms with Gasteiger partial charge in [-0.05, 0) is 56.0 Å². The number of nitrogens with one attached hydrogen (secondary N) is 3. The van der Waals surface area contributed by atoms with Crippen molar-refractivity contribution in [2.75, 3.05) is 6.54 Å². The Balaban J connectivity index is 1.86. The summed E-state index contributed by atoms with van der Waals surface area (Å²) in [5.41, 5.74) is 7.65. The summed E-state index contributed by atoms with van der Waals surface area (Å²) in [6.07, 6.45) is 3.37. The molecule has 4 nitrogen and oxygen atoms in total. The molecule has 0 aliphatic heterocycles. The number of amides is 1. The maximum atomic E-state index is 12.1. The molecule has 2 rings (SSSR count). The first-order chi connectivity index (χ1) is 9.95. The van der Waals surface area contributed by atoms with E-state index in [0.717, 1.165) is 23.3 Å². The van der Waals surface area contributed by atoms with E-state index >= 15 is 0 Å². The highest BCUT2D eigenvalue weighted by Gasteiger charge is 2.20. The third kappa shape index (κ3) is 4.54. The van der Waals surface area contributed by atoms with Gasteiger partial charge in [-0.2, -0.15) is 0 Å². The molecule has 0 fully saturated rings. The second-order valence-corrected chi connectivity index (χ2v) is 7.17. The van der Waals surface area contributed by atoms with Crippen molar-refractivity contribution in [2.24, 2.45) is 5.92 Å². The van der Waals surface area contributed by atoms with Gasteiger partial charge in [0.1, 0.15) is 0 Å². The molecule has 0 saturated heterocycles. The molecule has 0 aromatic carbocycles. The number of carbonyl (C=O) groups is 1. The molecular formula is C15H21N3OS2. The Kier molecular flexibility index (Phi) is 5.36. The largest absolute Gasteiger partial charge is 0.358 e. The van der Waals surface area contributed by atoms with Crippen molar-refractivity contribution >= 4 is 34.6 Å². The Morgan fingerprint density at radius 3 is 3.00 bits per heavy atom. The normalized spacial score (nSPS) is 16.8. The molecule has 0 bridgehead atoms. The van der Waals surface area contributed by atoms with Crippen LogP contribution in [0.5, 0.6) is 0 Å². The lowest BCUT2D eigenvalue weighted by molar-refractivity contribution is 0.0947. The Hall–Kier alpha value is -1.40. The Morgan fingerprint density at radius 2 is 2.29 bits per heavy atom. The zero-order valence-corrected chi connectivity index (χ0v) is 14.0. The summed E-state index contributed by atoms with van der Waals surface area (Å²) in [4.78, 5) is 14.2. The summed E-state index contributed by atoms with van der Waals surface area (Å²) in [7, 11) is 0. The number of aryl methyl sites for hydroxylation is 1. The molecule has 3 N–H and O–H groups in total. The number of rotatable bonds is 3. The van der Waals surface area contributed by atoms with Gasteiger partial charge in [-0.15, -0.1) is 11.3 Å². The van der Waals surface area contributed by atoms with E-state index in [9.17, 15) is 4.79 Å². The summed E-state index contributed by atoms with van der Waals surface area (Å²) < 4.78 is 0. The highest BCUT2D eigenvalue weighted by Crippen LogP contribution is 2.31. The number of carbonyl (C=O) groups excluding carboxylic acids is 1. The molecule has 1 aromatic heterocycles. The van der Waals surface area contributed by atoms with Crippen LogP contribution >= 0.6 is 23.6 Å². The number of hydrogen-bond donors (Lipinski definition) is 3. The minimum Gasteiger partial charge on any atom is -0.358 e. The number of fused-ring (bicyclic) bond motifs is 1. The lowest BCUT2D eigenvalue weighted by Gasteiger charge is -2.16. The van der Waals surface area contributed by atoms with Crippen molar-refractivity contribution in [3.63, 3.8) is 0 Å². The van der Waals surface area contributed by atoms with Gasteiger partial charge in [0, 0.05) is 11.4 Å². The van der Waals surface area contributed by atoms with Crippen molar-refractivity contribution < 1.29 is 4.79 Å². The van der Waals surface area contributed by atoms with Crippen LogP contribution in [0, 0.1) is 5.92 Å². The molecule has 1 aliphatic rings. The van der Waals surface area contributed by atoms with Crippen molar-refractivity contribution in [1.29, 1.82) is 0 Å². The third-order valence-electron chi connectivity index (χ3n) is 3.39. The van der Waals surface area contributed by atoms with E-state index in [1.807, 2.05) is 13.0 Å². The summed E-state index contributed by atoms with van der Waals surface area (Å²) >= 11 is 6.65. The van der Waals surface area contributed by atoms with E-state index in [1.54, 1.807) is 11.3 Å². The van der Waals surface area contributed by atoms with Crippen LogP contribution in [0.1, 0.15) is 40.4 Å². The molecule has 1 aliphatic carbocycles. The number of hydrazine groups is 1. The minimum absolute atomic E-state index is 0.137. The second-order valence-electron chi connectivity index (χ2n) is 5.63. The molecule has 6 heteroatoms. The van der Waals surface area contributed by atoms with Gasteiger partial charge in [0.2, 0.25) is 0 Å². The maximum absolute atomic E-state index is 12.1. The Labute approximate surface area is 135 Å². The zero-order chi connectivity index (χ0) is 15.4. The fourth-order valence-electron chi connectivity index (χ4n) is 2.27. The minimum atomic E-state index is -0.137. The highest BCUT2D eigenvalue weighted by molar-refractivity contribution is 7.80. The van der Waals surface area contributed by atoms with Gasteiger partial charge in [-0.1, -0.05) is 19.1 Å². The van der Waals surface area contributed by atoms with E-state index in [4.69, 9.17) is 12.2 Å². The van der Waals surface area contributed by atoms with Gasteiger partial charge in [-0.25, -0.2) is 0 Å². The van der Waals surface area contributed by atoms with Gasteiger partial charge in [0.15, 0.2) is 5.11 Å². The van der Waals surface area contributed by atoms with Crippen molar-refractivity contribution in [3.8, 4) is 0 Å². The molecule has 1 aromatic rings. The summed E-state index contributed by atoms with van der Waals surface area (Å²) in [6, 6.07) is 2.01. The molecule has 21 heavy (non-hydrogen) atoms. The van der Waals surface area contributed by atoms with E-state index in [0.29, 0.717) is 17.6 Å². The van der Waals surface area contributed by atoms with Crippen LogP contribution in [0.3, 0.4) is 0 Å². The van der Waals surface area contributed by atoms with E-state index in [2.05, 4.69) is 29.7 Å². The summed E-state index contributed by atoms with van der Waals surface area (Å²) in [6.45, 7) is 8.53. The summed E-state index contributed by atoms with van der Waals surface area (Å²) in [5.74, 6) is 0.571. The molecule has 0 unspecified atom stereocenters. The van der Waals surface area contributed by atoms with Crippen molar-refractivity contribution in [2.45, 2.75) is 33.1 Å². The van der Waals surface area contributed by atoms with Crippen LogP contribution < -0.4 is 16.2 Å². The topological polar surface area (TPSA) is 53.2 Å². The first kappa shape index (κ1) is 16.0. The van der Waals surface area contributed by atoms with Crippen LogP contribution in [-0.4, -0.2) is 17.6 Å².